The summed E-state index contributed by atoms with van der Waals surface area (Å²) in [5.41, 5.74) is 1.01. The van der Waals surface area contributed by atoms with Crippen molar-refractivity contribution < 1.29 is 9.59 Å². The lowest BCUT2D eigenvalue weighted by atomic mass is 10.1. The van der Waals surface area contributed by atoms with Gasteiger partial charge in [-0.1, -0.05) is 28.1 Å². The van der Waals surface area contributed by atoms with Crippen LogP contribution in [0.1, 0.15) is 12.5 Å². The number of nitrogens with one attached hydrogen (secondary N) is 1. The maximum Gasteiger partial charge on any atom is 0.242 e. The second-order valence-electron chi connectivity index (χ2n) is 4.05. The summed E-state index contributed by atoms with van der Waals surface area (Å²) in [4.78, 5) is 24.8. The molecule has 1 unspecified atom stereocenters. The number of hydrogen-bond acceptors (Lipinski definition) is 2. The molecule has 1 heterocycles. The van der Waals surface area contributed by atoms with E-state index in [1.54, 1.807) is 11.8 Å². The van der Waals surface area contributed by atoms with Gasteiger partial charge in [0.25, 0.3) is 0 Å². The molecule has 2 amide bonds. The monoisotopic (exact) mass is 296 g/mol. The molecule has 90 valence electrons. The molecule has 1 aromatic carbocycles. The predicted molar refractivity (Wildman–Crippen MR) is 67.2 cm³/mol. The number of piperazine rings is 1. The van der Waals surface area contributed by atoms with Crippen LogP contribution in [0.4, 0.5) is 0 Å². The Kier molecular flexibility index (Phi) is 3.47. The SMILES string of the molecule is CC1C(=O)NCC(=O)N1Cc1cccc(Br)c1. The summed E-state index contributed by atoms with van der Waals surface area (Å²) >= 11 is 3.39. The highest BCUT2D eigenvalue weighted by molar-refractivity contribution is 9.10. The minimum absolute atomic E-state index is 0.0444. The number of nitrogens with zero attached hydrogens (tertiary/aromatic N) is 1. The average molecular weight is 297 g/mol. The van der Waals surface area contributed by atoms with Crippen LogP contribution in [0.5, 0.6) is 0 Å². The van der Waals surface area contributed by atoms with Gasteiger partial charge in [-0.15, -0.1) is 0 Å². The zero-order chi connectivity index (χ0) is 12.4. The van der Waals surface area contributed by atoms with E-state index in [9.17, 15) is 9.59 Å². The standard InChI is InChI=1S/C12H13BrN2O2/c1-8-12(17)14-6-11(16)15(8)7-9-3-2-4-10(13)5-9/h2-5,8H,6-7H2,1H3,(H,14,17). The molecule has 0 aliphatic carbocycles. The maximum atomic E-state index is 11.7. The minimum atomic E-state index is -0.407. The second kappa shape index (κ2) is 4.87. The molecule has 0 bridgehead atoms. The summed E-state index contributed by atoms with van der Waals surface area (Å²) in [5, 5.41) is 2.57. The highest BCUT2D eigenvalue weighted by Crippen LogP contribution is 2.16. The van der Waals surface area contributed by atoms with Crippen LogP contribution in [0, 0.1) is 0 Å². The fourth-order valence-electron chi connectivity index (χ4n) is 1.83. The smallest absolute Gasteiger partial charge is 0.242 e. The molecule has 4 nitrogen and oxygen atoms in total. The van der Waals surface area contributed by atoms with E-state index in [2.05, 4.69) is 21.2 Å². The Labute approximate surface area is 108 Å². The van der Waals surface area contributed by atoms with Gasteiger partial charge < -0.3 is 10.2 Å². The van der Waals surface area contributed by atoms with Crippen molar-refractivity contribution in [1.82, 2.24) is 10.2 Å². The summed E-state index contributed by atoms with van der Waals surface area (Å²) in [7, 11) is 0. The summed E-state index contributed by atoms with van der Waals surface area (Å²) in [6.07, 6.45) is 0. The van der Waals surface area contributed by atoms with Crippen LogP contribution in [0.2, 0.25) is 0 Å². The zero-order valence-corrected chi connectivity index (χ0v) is 11.0. The van der Waals surface area contributed by atoms with E-state index in [4.69, 9.17) is 0 Å². The van der Waals surface area contributed by atoms with Gasteiger partial charge >= 0.3 is 0 Å². The molecule has 1 atom stereocenters. The van der Waals surface area contributed by atoms with Gasteiger partial charge in [0.1, 0.15) is 6.04 Å². The van der Waals surface area contributed by atoms with E-state index in [1.807, 2.05) is 24.3 Å². The predicted octanol–water partition coefficient (Wildman–Crippen LogP) is 1.30. The molecule has 1 fully saturated rings. The number of amides is 2. The number of carbonyl (C=O) groups is 2. The molecule has 1 N–H and O–H groups in total. The Morgan fingerprint density at radius 1 is 1.47 bits per heavy atom. The van der Waals surface area contributed by atoms with Gasteiger partial charge in [0.15, 0.2) is 0 Å². The molecule has 0 spiro atoms. The Bertz CT molecular complexity index is 462. The van der Waals surface area contributed by atoms with Gasteiger partial charge in [-0.2, -0.15) is 0 Å². The fourth-order valence-corrected chi connectivity index (χ4v) is 2.27. The molecule has 2 rings (SSSR count). The third-order valence-electron chi connectivity index (χ3n) is 2.82. The van der Waals surface area contributed by atoms with Crippen LogP contribution in [-0.2, 0) is 16.1 Å². The maximum absolute atomic E-state index is 11.7. The first-order valence-electron chi connectivity index (χ1n) is 5.39. The Hall–Kier alpha value is -1.36. The molecule has 0 aromatic heterocycles. The van der Waals surface area contributed by atoms with Gasteiger partial charge in [-0.25, -0.2) is 0 Å². The van der Waals surface area contributed by atoms with Crippen molar-refractivity contribution in [2.75, 3.05) is 6.54 Å². The molecule has 5 heteroatoms. The Morgan fingerprint density at radius 2 is 2.24 bits per heavy atom. The molecular formula is C12H13BrN2O2. The summed E-state index contributed by atoms with van der Waals surface area (Å²) in [6, 6.07) is 7.33. The van der Waals surface area contributed by atoms with Crippen LogP contribution in [-0.4, -0.2) is 29.3 Å². The van der Waals surface area contributed by atoms with Crippen molar-refractivity contribution in [2.45, 2.75) is 19.5 Å². The van der Waals surface area contributed by atoms with E-state index in [0.29, 0.717) is 6.54 Å². The zero-order valence-electron chi connectivity index (χ0n) is 9.44. The third-order valence-corrected chi connectivity index (χ3v) is 3.32. The minimum Gasteiger partial charge on any atom is -0.345 e. The number of rotatable bonds is 2. The van der Waals surface area contributed by atoms with Crippen molar-refractivity contribution in [3.05, 3.63) is 34.3 Å². The van der Waals surface area contributed by atoms with Crippen molar-refractivity contribution in [2.24, 2.45) is 0 Å². The molecular weight excluding hydrogens is 284 g/mol. The van der Waals surface area contributed by atoms with E-state index in [1.165, 1.54) is 0 Å². The van der Waals surface area contributed by atoms with Gasteiger partial charge in [0.05, 0.1) is 6.54 Å². The summed E-state index contributed by atoms with van der Waals surface area (Å²) in [6.45, 7) is 2.30. The molecule has 0 radical (unpaired) electrons. The van der Waals surface area contributed by atoms with Crippen molar-refractivity contribution in [1.29, 1.82) is 0 Å². The highest BCUT2D eigenvalue weighted by atomic mass is 79.9. The average Bonchev–Trinajstić information content (AvgIpc) is 2.30. The van der Waals surface area contributed by atoms with Crippen LogP contribution >= 0.6 is 15.9 Å². The van der Waals surface area contributed by atoms with Gasteiger partial charge in [-0.3, -0.25) is 9.59 Å². The number of benzene rings is 1. The largest absolute Gasteiger partial charge is 0.345 e. The van der Waals surface area contributed by atoms with Crippen LogP contribution < -0.4 is 5.32 Å². The highest BCUT2D eigenvalue weighted by Gasteiger charge is 2.30. The van der Waals surface area contributed by atoms with Crippen molar-refractivity contribution in [3.63, 3.8) is 0 Å². The van der Waals surface area contributed by atoms with E-state index < -0.39 is 6.04 Å². The van der Waals surface area contributed by atoms with Gasteiger partial charge in [0, 0.05) is 11.0 Å². The molecule has 1 aliphatic heterocycles. The summed E-state index contributed by atoms with van der Waals surface area (Å²) in [5.74, 6) is -0.142. The lowest BCUT2D eigenvalue weighted by molar-refractivity contribution is -0.145. The van der Waals surface area contributed by atoms with Crippen molar-refractivity contribution >= 4 is 27.7 Å². The first-order valence-corrected chi connectivity index (χ1v) is 6.19. The number of halogens is 1. The molecule has 17 heavy (non-hydrogen) atoms. The van der Waals surface area contributed by atoms with E-state index >= 15 is 0 Å². The quantitative estimate of drug-likeness (QED) is 0.894. The first kappa shape index (κ1) is 12.1. The topological polar surface area (TPSA) is 49.4 Å². The van der Waals surface area contributed by atoms with Crippen LogP contribution in [0.3, 0.4) is 0 Å². The van der Waals surface area contributed by atoms with Crippen molar-refractivity contribution in [3.8, 4) is 0 Å². The molecule has 1 saturated heterocycles. The molecule has 0 saturated carbocycles. The molecule has 1 aromatic rings. The van der Waals surface area contributed by atoms with Gasteiger partial charge in [-0.05, 0) is 24.6 Å². The Morgan fingerprint density at radius 3 is 2.94 bits per heavy atom. The van der Waals surface area contributed by atoms with E-state index in [-0.39, 0.29) is 18.4 Å². The number of carbonyl (C=O) groups excluding carboxylic acids is 2. The van der Waals surface area contributed by atoms with Crippen LogP contribution in [0.25, 0.3) is 0 Å². The third kappa shape index (κ3) is 2.66. The lowest BCUT2D eigenvalue weighted by Gasteiger charge is -2.32. The Balaban J connectivity index is 2.16. The van der Waals surface area contributed by atoms with Gasteiger partial charge in [0.2, 0.25) is 11.8 Å². The summed E-state index contributed by atoms with van der Waals surface area (Å²) < 4.78 is 0.969. The normalized spacial score (nSPS) is 20.4. The number of hydrogen-bond donors (Lipinski definition) is 1. The first-order chi connectivity index (χ1) is 8.08. The van der Waals surface area contributed by atoms with Crippen LogP contribution in [0.15, 0.2) is 28.7 Å². The fraction of sp³-hybridized carbons (Fsp3) is 0.333. The molecule has 1 aliphatic rings. The van der Waals surface area contributed by atoms with E-state index in [0.717, 1.165) is 10.0 Å². The lowest BCUT2D eigenvalue weighted by Crippen LogP contribution is -2.56. The second-order valence-corrected chi connectivity index (χ2v) is 4.96.